The normalized spacial score (nSPS) is 9.44. The average molecular weight is 233 g/mol. The standard InChI is InChI=1S/C6H15N.C6H12O3/c1-3-5-7-6-4-2;1-2-4-9-5-3-6(7)8/h7H,3-6H2,1-2H3;2-5H2,1H3,(H,7,8). The van der Waals surface area contributed by atoms with Crippen LogP contribution in [0.15, 0.2) is 0 Å². The molecule has 4 heteroatoms. The maximum atomic E-state index is 9.88. The molecule has 0 aromatic rings. The maximum Gasteiger partial charge on any atom is 0.305 e. The first-order valence-electron chi connectivity index (χ1n) is 6.19. The Hall–Kier alpha value is -0.610. The van der Waals surface area contributed by atoms with E-state index >= 15 is 0 Å². The summed E-state index contributed by atoms with van der Waals surface area (Å²) in [6.45, 7) is 9.70. The molecule has 0 saturated heterocycles. The SMILES string of the molecule is CCCNCCC.CCCOCCC(=O)O. The van der Waals surface area contributed by atoms with E-state index < -0.39 is 5.97 Å². The summed E-state index contributed by atoms with van der Waals surface area (Å²) in [5.74, 6) is -0.800. The van der Waals surface area contributed by atoms with Gasteiger partial charge in [0.1, 0.15) is 0 Å². The zero-order chi connectivity index (χ0) is 12.6. The molecule has 0 unspecified atom stereocenters. The Kier molecular flexibility index (Phi) is 18.7. The third-order valence-electron chi connectivity index (χ3n) is 1.66. The van der Waals surface area contributed by atoms with E-state index in [0.717, 1.165) is 6.42 Å². The van der Waals surface area contributed by atoms with Crippen molar-refractivity contribution in [2.45, 2.75) is 46.5 Å². The van der Waals surface area contributed by atoms with E-state index in [-0.39, 0.29) is 6.42 Å². The molecule has 16 heavy (non-hydrogen) atoms. The van der Waals surface area contributed by atoms with Crippen molar-refractivity contribution >= 4 is 5.97 Å². The van der Waals surface area contributed by atoms with Gasteiger partial charge in [-0.1, -0.05) is 20.8 Å². The quantitative estimate of drug-likeness (QED) is 0.600. The molecule has 0 aromatic heterocycles. The van der Waals surface area contributed by atoms with E-state index in [9.17, 15) is 4.79 Å². The number of carbonyl (C=O) groups is 1. The van der Waals surface area contributed by atoms with Gasteiger partial charge in [0.2, 0.25) is 0 Å². The Morgan fingerprint density at radius 1 is 1.06 bits per heavy atom. The predicted molar refractivity (Wildman–Crippen MR) is 66.8 cm³/mol. The van der Waals surface area contributed by atoms with Crippen LogP contribution >= 0.6 is 0 Å². The summed E-state index contributed by atoms with van der Waals surface area (Å²) >= 11 is 0. The topological polar surface area (TPSA) is 58.6 Å². The number of carboxylic acids is 1. The highest BCUT2D eigenvalue weighted by Gasteiger charge is 1.93. The summed E-state index contributed by atoms with van der Waals surface area (Å²) in [7, 11) is 0. The fraction of sp³-hybridized carbons (Fsp3) is 0.917. The molecule has 0 heterocycles. The highest BCUT2D eigenvalue weighted by Crippen LogP contribution is 1.84. The monoisotopic (exact) mass is 233 g/mol. The van der Waals surface area contributed by atoms with E-state index in [1.54, 1.807) is 0 Å². The van der Waals surface area contributed by atoms with E-state index in [1.807, 2.05) is 6.92 Å². The van der Waals surface area contributed by atoms with Crippen molar-refractivity contribution in [1.29, 1.82) is 0 Å². The van der Waals surface area contributed by atoms with Crippen molar-refractivity contribution in [2.24, 2.45) is 0 Å². The second-order valence-corrected chi connectivity index (χ2v) is 3.51. The summed E-state index contributed by atoms with van der Waals surface area (Å²) in [6.07, 6.45) is 3.56. The van der Waals surface area contributed by atoms with Crippen LogP contribution in [0.2, 0.25) is 0 Å². The molecule has 0 aliphatic heterocycles. The lowest BCUT2D eigenvalue weighted by Gasteiger charge is -1.96. The molecule has 0 aromatic carbocycles. The first kappa shape index (κ1) is 17.8. The van der Waals surface area contributed by atoms with Crippen LogP contribution in [0.1, 0.15) is 46.5 Å². The number of aliphatic carboxylic acids is 1. The first-order chi connectivity index (χ1) is 7.68. The minimum Gasteiger partial charge on any atom is -0.481 e. The second kappa shape index (κ2) is 16.8. The van der Waals surface area contributed by atoms with Crippen LogP contribution in [-0.4, -0.2) is 37.4 Å². The van der Waals surface area contributed by atoms with E-state index in [2.05, 4.69) is 19.2 Å². The van der Waals surface area contributed by atoms with Crippen LogP contribution in [-0.2, 0) is 9.53 Å². The van der Waals surface area contributed by atoms with Crippen LogP contribution in [0.5, 0.6) is 0 Å². The lowest BCUT2D eigenvalue weighted by Crippen LogP contribution is -2.14. The summed E-state index contributed by atoms with van der Waals surface area (Å²) in [5, 5.41) is 11.4. The van der Waals surface area contributed by atoms with Crippen LogP contribution in [0, 0.1) is 0 Å². The van der Waals surface area contributed by atoms with Gasteiger partial charge in [-0.25, -0.2) is 0 Å². The molecule has 0 saturated carbocycles. The molecule has 2 N–H and O–H groups in total. The van der Waals surface area contributed by atoms with Crippen molar-refractivity contribution in [3.8, 4) is 0 Å². The van der Waals surface area contributed by atoms with Gasteiger partial charge in [0, 0.05) is 6.61 Å². The summed E-state index contributed by atoms with van der Waals surface area (Å²) in [5.41, 5.74) is 0. The van der Waals surface area contributed by atoms with Gasteiger partial charge in [-0.15, -0.1) is 0 Å². The van der Waals surface area contributed by atoms with Crippen molar-refractivity contribution < 1.29 is 14.6 Å². The predicted octanol–water partition coefficient (Wildman–Crippen LogP) is 2.28. The Labute approximate surface area is 99.4 Å². The van der Waals surface area contributed by atoms with Gasteiger partial charge in [-0.2, -0.15) is 0 Å². The largest absolute Gasteiger partial charge is 0.481 e. The number of ether oxygens (including phenoxy) is 1. The van der Waals surface area contributed by atoms with Gasteiger partial charge in [0.05, 0.1) is 13.0 Å². The number of hydrogen-bond acceptors (Lipinski definition) is 3. The van der Waals surface area contributed by atoms with Crippen molar-refractivity contribution in [3.63, 3.8) is 0 Å². The zero-order valence-electron chi connectivity index (χ0n) is 10.9. The lowest BCUT2D eigenvalue weighted by molar-refractivity contribution is -0.138. The van der Waals surface area contributed by atoms with Crippen LogP contribution < -0.4 is 5.32 Å². The van der Waals surface area contributed by atoms with Gasteiger partial charge >= 0.3 is 5.97 Å². The van der Waals surface area contributed by atoms with Gasteiger partial charge in [-0.3, -0.25) is 4.79 Å². The Morgan fingerprint density at radius 3 is 2.00 bits per heavy atom. The second-order valence-electron chi connectivity index (χ2n) is 3.51. The fourth-order valence-corrected chi connectivity index (χ4v) is 0.884. The first-order valence-corrected chi connectivity index (χ1v) is 6.19. The molecule has 0 atom stereocenters. The van der Waals surface area contributed by atoms with Crippen LogP contribution in [0.4, 0.5) is 0 Å². The van der Waals surface area contributed by atoms with Crippen molar-refractivity contribution in [1.82, 2.24) is 5.32 Å². The summed E-state index contributed by atoms with van der Waals surface area (Å²) in [4.78, 5) is 9.88. The van der Waals surface area contributed by atoms with Crippen LogP contribution in [0.3, 0.4) is 0 Å². The van der Waals surface area contributed by atoms with Gasteiger partial charge in [-0.05, 0) is 32.4 Å². The number of carboxylic acid groups (broad SMARTS) is 1. The summed E-state index contributed by atoms with van der Waals surface area (Å²) < 4.78 is 4.91. The molecule has 0 rings (SSSR count). The third-order valence-corrected chi connectivity index (χ3v) is 1.66. The highest BCUT2D eigenvalue weighted by atomic mass is 16.5. The molecular formula is C12H27NO3. The van der Waals surface area contributed by atoms with Crippen molar-refractivity contribution in [2.75, 3.05) is 26.3 Å². The lowest BCUT2D eigenvalue weighted by atomic mass is 10.4. The molecule has 0 aliphatic rings. The Bertz CT molecular complexity index is 136. The molecule has 0 fully saturated rings. The molecule has 98 valence electrons. The minimum atomic E-state index is -0.800. The molecule has 0 amide bonds. The van der Waals surface area contributed by atoms with Crippen molar-refractivity contribution in [3.05, 3.63) is 0 Å². The number of rotatable bonds is 9. The fourth-order valence-electron chi connectivity index (χ4n) is 0.884. The summed E-state index contributed by atoms with van der Waals surface area (Å²) in [6, 6.07) is 0. The minimum absolute atomic E-state index is 0.111. The van der Waals surface area contributed by atoms with Gasteiger partial charge in [0.25, 0.3) is 0 Å². The van der Waals surface area contributed by atoms with Gasteiger partial charge < -0.3 is 15.2 Å². The third kappa shape index (κ3) is 23.3. The van der Waals surface area contributed by atoms with E-state index in [4.69, 9.17) is 9.84 Å². The Balaban J connectivity index is 0. The zero-order valence-corrected chi connectivity index (χ0v) is 10.9. The molecule has 0 bridgehead atoms. The number of nitrogens with one attached hydrogen (secondary N) is 1. The number of hydrogen-bond donors (Lipinski definition) is 2. The van der Waals surface area contributed by atoms with Crippen LogP contribution in [0.25, 0.3) is 0 Å². The smallest absolute Gasteiger partial charge is 0.305 e. The van der Waals surface area contributed by atoms with E-state index in [1.165, 1.54) is 25.9 Å². The maximum absolute atomic E-state index is 9.88. The average Bonchev–Trinajstić information content (AvgIpc) is 2.26. The Morgan fingerprint density at radius 2 is 1.62 bits per heavy atom. The molecular weight excluding hydrogens is 206 g/mol. The molecule has 0 aliphatic carbocycles. The van der Waals surface area contributed by atoms with Gasteiger partial charge in [0.15, 0.2) is 0 Å². The molecule has 0 spiro atoms. The molecule has 4 nitrogen and oxygen atoms in total. The highest BCUT2D eigenvalue weighted by molar-refractivity contribution is 5.66. The molecule has 0 radical (unpaired) electrons. The van der Waals surface area contributed by atoms with E-state index in [0.29, 0.717) is 13.2 Å².